The van der Waals surface area contributed by atoms with Crippen LogP contribution in [0.25, 0.3) is 0 Å². The summed E-state index contributed by atoms with van der Waals surface area (Å²) in [6.07, 6.45) is 2.00. The summed E-state index contributed by atoms with van der Waals surface area (Å²) in [6.45, 7) is 0.292. The van der Waals surface area contributed by atoms with E-state index in [-0.39, 0.29) is 10.9 Å². The molecule has 4 nitrogen and oxygen atoms in total. The van der Waals surface area contributed by atoms with Crippen molar-refractivity contribution in [2.75, 3.05) is 10.8 Å². The van der Waals surface area contributed by atoms with Crippen molar-refractivity contribution in [1.82, 2.24) is 4.98 Å². The Morgan fingerprint density at radius 3 is 2.76 bits per heavy atom. The summed E-state index contributed by atoms with van der Waals surface area (Å²) in [6, 6.07) is 7.24. The van der Waals surface area contributed by atoms with E-state index in [1.807, 2.05) is 0 Å². The van der Waals surface area contributed by atoms with E-state index in [0.29, 0.717) is 18.7 Å². The van der Waals surface area contributed by atoms with Gasteiger partial charge in [0.1, 0.15) is 5.82 Å². The zero-order valence-electron chi connectivity index (χ0n) is 11.0. The Morgan fingerprint density at radius 2 is 2.10 bits per heavy atom. The van der Waals surface area contributed by atoms with Gasteiger partial charge in [0.15, 0.2) is 5.03 Å². The third kappa shape index (κ3) is 2.49. The molecule has 21 heavy (non-hydrogen) atoms. The van der Waals surface area contributed by atoms with Gasteiger partial charge in [-0.15, -0.1) is 11.6 Å². The average molecular weight is 327 g/mol. The van der Waals surface area contributed by atoms with E-state index >= 15 is 0 Å². The van der Waals surface area contributed by atoms with Crippen molar-refractivity contribution in [3.05, 3.63) is 53.5 Å². The molecule has 0 spiro atoms. The second-order valence-electron chi connectivity index (χ2n) is 4.74. The van der Waals surface area contributed by atoms with Gasteiger partial charge >= 0.3 is 0 Å². The molecular weight excluding hydrogens is 315 g/mol. The van der Waals surface area contributed by atoms with Gasteiger partial charge in [-0.3, -0.25) is 4.31 Å². The first-order valence-corrected chi connectivity index (χ1v) is 8.32. The number of benzene rings is 1. The fourth-order valence-electron chi connectivity index (χ4n) is 2.33. The number of hydrogen-bond donors (Lipinski definition) is 0. The molecule has 0 atom stereocenters. The SMILES string of the molecule is O=S(=O)(c1ccc(CCl)cn1)N1CCc2ccc(F)cc21. The Hall–Kier alpha value is -1.66. The highest BCUT2D eigenvalue weighted by Gasteiger charge is 2.32. The van der Waals surface area contributed by atoms with Crippen LogP contribution in [-0.2, 0) is 22.3 Å². The predicted molar refractivity (Wildman–Crippen MR) is 78.4 cm³/mol. The topological polar surface area (TPSA) is 50.3 Å². The van der Waals surface area contributed by atoms with Crippen molar-refractivity contribution >= 4 is 27.3 Å². The lowest BCUT2D eigenvalue weighted by atomic mass is 10.2. The monoisotopic (exact) mass is 326 g/mol. The highest BCUT2D eigenvalue weighted by atomic mass is 35.5. The van der Waals surface area contributed by atoms with E-state index in [2.05, 4.69) is 4.98 Å². The number of rotatable bonds is 3. The molecule has 0 saturated carbocycles. The molecule has 2 aromatic rings. The van der Waals surface area contributed by atoms with E-state index in [1.54, 1.807) is 12.1 Å². The number of fused-ring (bicyclic) bond motifs is 1. The summed E-state index contributed by atoms with van der Waals surface area (Å²) in [7, 11) is -3.78. The first-order valence-electron chi connectivity index (χ1n) is 6.34. The third-order valence-corrected chi connectivity index (χ3v) is 5.44. The van der Waals surface area contributed by atoms with Gasteiger partial charge in [0, 0.05) is 18.6 Å². The molecule has 1 aliphatic rings. The van der Waals surface area contributed by atoms with Crippen LogP contribution in [0.1, 0.15) is 11.1 Å². The fraction of sp³-hybridized carbons (Fsp3) is 0.214. The normalized spacial score (nSPS) is 14.3. The Labute approximate surface area is 127 Å². The lowest BCUT2D eigenvalue weighted by Gasteiger charge is -2.19. The van der Waals surface area contributed by atoms with Crippen molar-refractivity contribution in [3.8, 4) is 0 Å². The smallest absolute Gasteiger partial charge is 0.264 e. The molecule has 0 bridgehead atoms. The maximum Gasteiger partial charge on any atom is 0.281 e. The number of halogens is 2. The minimum absolute atomic E-state index is 0.0616. The van der Waals surface area contributed by atoms with Crippen molar-refractivity contribution in [2.45, 2.75) is 17.3 Å². The Morgan fingerprint density at radius 1 is 1.29 bits per heavy atom. The molecule has 2 heterocycles. The van der Waals surface area contributed by atoms with Crippen molar-refractivity contribution in [3.63, 3.8) is 0 Å². The standard InChI is InChI=1S/C14H12ClFN2O2S/c15-8-10-1-4-14(17-9-10)21(19,20)18-6-5-11-2-3-12(16)7-13(11)18/h1-4,7,9H,5-6,8H2. The van der Waals surface area contributed by atoms with Crippen LogP contribution in [-0.4, -0.2) is 19.9 Å². The molecule has 0 radical (unpaired) electrons. The number of anilines is 1. The van der Waals surface area contributed by atoms with Gasteiger partial charge < -0.3 is 0 Å². The minimum atomic E-state index is -3.78. The van der Waals surface area contributed by atoms with Crippen LogP contribution < -0.4 is 4.31 Å². The van der Waals surface area contributed by atoms with Crippen LogP contribution in [0.4, 0.5) is 10.1 Å². The maximum atomic E-state index is 13.4. The highest BCUT2D eigenvalue weighted by Crippen LogP contribution is 2.32. The van der Waals surface area contributed by atoms with Crippen LogP contribution in [0.3, 0.4) is 0 Å². The lowest BCUT2D eigenvalue weighted by Crippen LogP contribution is -2.29. The molecule has 0 aliphatic carbocycles. The number of aromatic nitrogens is 1. The van der Waals surface area contributed by atoms with Gasteiger partial charge in [-0.05, 0) is 35.7 Å². The summed E-state index contributed by atoms with van der Waals surface area (Å²) in [4.78, 5) is 3.95. The average Bonchev–Trinajstić information content (AvgIpc) is 2.91. The van der Waals surface area contributed by atoms with Crippen molar-refractivity contribution in [1.29, 1.82) is 0 Å². The van der Waals surface area contributed by atoms with Crippen LogP contribution in [0.2, 0.25) is 0 Å². The Balaban J connectivity index is 2.02. The molecule has 7 heteroatoms. The predicted octanol–water partition coefficient (Wildman–Crippen LogP) is 2.71. The van der Waals surface area contributed by atoms with E-state index in [9.17, 15) is 12.8 Å². The molecule has 0 fully saturated rings. The number of nitrogens with zero attached hydrogens (tertiary/aromatic N) is 2. The summed E-state index contributed by atoms with van der Waals surface area (Å²) in [5.41, 5.74) is 1.94. The van der Waals surface area contributed by atoms with Crippen LogP contribution >= 0.6 is 11.6 Å². The van der Waals surface area contributed by atoms with E-state index < -0.39 is 15.8 Å². The zero-order chi connectivity index (χ0) is 15.0. The zero-order valence-corrected chi connectivity index (χ0v) is 12.5. The number of hydrogen-bond acceptors (Lipinski definition) is 3. The molecule has 1 aromatic carbocycles. The largest absolute Gasteiger partial charge is 0.281 e. The summed E-state index contributed by atoms with van der Waals surface area (Å²) in [5, 5.41) is -0.0616. The quantitative estimate of drug-likeness (QED) is 0.815. The minimum Gasteiger partial charge on any atom is -0.264 e. The molecule has 1 aliphatic heterocycles. The molecule has 0 amide bonds. The van der Waals surface area contributed by atoms with Gasteiger partial charge in [-0.2, -0.15) is 8.42 Å². The van der Waals surface area contributed by atoms with Crippen molar-refractivity contribution in [2.24, 2.45) is 0 Å². The summed E-state index contributed by atoms with van der Waals surface area (Å²) >= 11 is 5.66. The maximum absolute atomic E-state index is 13.4. The van der Waals surface area contributed by atoms with Crippen LogP contribution in [0, 0.1) is 5.82 Å². The molecule has 0 N–H and O–H groups in total. The van der Waals surface area contributed by atoms with Gasteiger partial charge in [0.25, 0.3) is 10.0 Å². The van der Waals surface area contributed by atoms with Gasteiger partial charge in [-0.1, -0.05) is 12.1 Å². The number of sulfonamides is 1. The number of pyridine rings is 1. The molecule has 0 unspecified atom stereocenters. The van der Waals surface area contributed by atoms with E-state index in [1.165, 1.54) is 28.7 Å². The van der Waals surface area contributed by atoms with E-state index in [0.717, 1.165) is 11.1 Å². The van der Waals surface area contributed by atoms with E-state index in [4.69, 9.17) is 11.6 Å². The fourth-order valence-corrected chi connectivity index (χ4v) is 3.90. The molecule has 1 aromatic heterocycles. The van der Waals surface area contributed by atoms with Gasteiger partial charge in [-0.25, -0.2) is 9.37 Å². The second-order valence-corrected chi connectivity index (χ2v) is 6.81. The molecule has 0 saturated heterocycles. The number of alkyl halides is 1. The molecule has 3 rings (SSSR count). The van der Waals surface area contributed by atoms with Gasteiger partial charge in [0.05, 0.1) is 5.69 Å². The first-order chi connectivity index (χ1) is 10.0. The van der Waals surface area contributed by atoms with Crippen LogP contribution in [0.5, 0.6) is 0 Å². The summed E-state index contributed by atoms with van der Waals surface area (Å²) in [5.74, 6) is -0.188. The molecule has 110 valence electrons. The second kappa shape index (κ2) is 5.27. The first kappa shape index (κ1) is 14.3. The Kier molecular flexibility index (Phi) is 3.59. The highest BCUT2D eigenvalue weighted by molar-refractivity contribution is 7.92. The third-order valence-electron chi connectivity index (χ3n) is 3.41. The summed E-state index contributed by atoms with van der Waals surface area (Å²) < 4.78 is 39.8. The van der Waals surface area contributed by atoms with Crippen LogP contribution in [0.15, 0.2) is 41.6 Å². The van der Waals surface area contributed by atoms with Crippen molar-refractivity contribution < 1.29 is 12.8 Å². The molecular formula is C14H12ClFN2O2S. The lowest BCUT2D eigenvalue weighted by molar-refractivity contribution is 0.588. The van der Waals surface area contributed by atoms with Gasteiger partial charge in [0.2, 0.25) is 0 Å². The Bertz CT molecular complexity index is 778.